The van der Waals surface area contributed by atoms with Gasteiger partial charge in [-0.05, 0) is 159 Å². The molecule has 8 heterocycles. The highest BCUT2D eigenvalue weighted by Crippen LogP contribution is 2.48. The van der Waals surface area contributed by atoms with E-state index in [1.165, 1.54) is 165 Å². The van der Waals surface area contributed by atoms with Crippen LogP contribution in [0.15, 0.2) is 358 Å². The van der Waals surface area contributed by atoms with Crippen molar-refractivity contribution in [2.24, 2.45) is 0 Å². The van der Waals surface area contributed by atoms with Crippen LogP contribution in [0, 0.1) is 0 Å². The highest BCUT2D eigenvalue weighted by Gasteiger charge is 2.24. The summed E-state index contributed by atoms with van der Waals surface area (Å²) in [5.74, 6) is 1.93. The first-order valence-electron chi connectivity index (χ1n) is 36.1. The van der Waals surface area contributed by atoms with E-state index in [9.17, 15) is 0 Å². The summed E-state index contributed by atoms with van der Waals surface area (Å²) in [4.78, 5) is 15.0. The van der Waals surface area contributed by atoms with Crippen LogP contribution >= 0.6 is 34.0 Å². The van der Waals surface area contributed by atoms with Crippen molar-refractivity contribution in [2.45, 2.75) is 0 Å². The van der Waals surface area contributed by atoms with Crippen molar-refractivity contribution >= 4 is 193 Å². The van der Waals surface area contributed by atoms with Crippen LogP contribution in [0.25, 0.3) is 204 Å². The standard InChI is InChI=1S/C36H22N2S.C33H20N4S.C28H17NS/c1-2-10-23(11-3-1)37-29-15-6-4-12-25(29)28-22-24(20-21-30(28)37)38-31-16-8-14-27-26-13-5-7-18-33(26)39-34-19-9-17-32(38)36(34)35(27)31;1-3-11-21(12-4-1)31-34-32(22-13-5-2-6-14-22)36-33(35-31)37-25-17-9-16-24-23-15-7-8-19-27(23)38-28-20-10-18-26(37)30(28)29(24)25;1-2-9-19(10-3-1)29-22-13-6-12-21-26-20-11-5-4-8-18(20)16-17-25(26)30-24-15-7-14-23(29)28(24)27(21)22/h1-22H;1-20H;1-17H. The Morgan fingerprint density at radius 1 is 0.187 bits per heavy atom. The third-order valence-electron chi connectivity index (χ3n) is 21.3. The minimum Gasteiger partial charge on any atom is -0.309 e. The number of nitrogens with zero attached hydrogens (tertiary/aromatic N) is 7. The molecule has 8 aromatic heterocycles. The minimum absolute atomic E-state index is 0.617. The lowest BCUT2D eigenvalue weighted by molar-refractivity contribution is 0.954. The normalized spacial score (nSPS) is 11.9. The zero-order valence-electron chi connectivity index (χ0n) is 57.4. The topological polar surface area (TPSA) is 58.4 Å². The third kappa shape index (κ3) is 9.67. The van der Waals surface area contributed by atoms with Crippen LogP contribution in [0.5, 0.6) is 0 Å². The highest BCUT2D eigenvalue weighted by atomic mass is 32.1. The van der Waals surface area contributed by atoms with Crippen molar-refractivity contribution in [2.75, 3.05) is 0 Å². The Kier molecular flexibility index (Phi) is 14.1. The molecule has 0 aliphatic heterocycles. The Balaban J connectivity index is 0.000000101. The highest BCUT2D eigenvalue weighted by molar-refractivity contribution is 7.25. The molecule has 0 unspecified atom stereocenters. The van der Waals surface area contributed by atoms with Crippen LogP contribution in [0.4, 0.5) is 0 Å². The molecule has 10 heteroatoms. The lowest BCUT2D eigenvalue weighted by atomic mass is 10.0. The SMILES string of the molecule is c1ccc(-c2nc(-c3ccccc3)nc(-n3c4cccc5sc6ccccc6c6cccc3c6c54)n2)cc1.c1ccc(-n2c3cccc4sc5ccc6ccccc6c5c5cccc2c5c43)cc1.c1ccc(-n2c3ccccc3c3cc(-n4c5cccc6sc7ccccc7c7cccc4c7c65)ccc32)cc1. The number of hydrogen-bond donors (Lipinski definition) is 0. The average Bonchev–Trinajstić information content (AvgIpc) is 1.56. The van der Waals surface area contributed by atoms with Crippen molar-refractivity contribution in [3.63, 3.8) is 0 Å². The van der Waals surface area contributed by atoms with Gasteiger partial charge in [-0.25, -0.2) is 4.98 Å². The van der Waals surface area contributed by atoms with Gasteiger partial charge in [0, 0.05) is 105 Å². The summed E-state index contributed by atoms with van der Waals surface area (Å²) in [5.41, 5.74) is 15.2. The molecular formula is C97H59N7S3. The van der Waals surface area contributed by atoms with Crippen molar-refractivity contribution < 1.29 is 0 Å². The largest absolute Gasteiger partial charge is 0.309 e. The quantitative estimate of drug-likeness (QED) is 0.167. The summed E-state index contributed by atoms with van der Waals surface area (Å²) in [6.45, 7) is 0. The summed E-state index contributed by atoms with van der Waals surface area (Å²) < 4.78 is 17.2. The van der Waals surface area contributed by atoms with Gasteiger partial charge in [0.05, 0.1) is 44.1 Å². The summed E-state index contributed by atoms with van der Waals surface area (Å²) in [7, 11) is 0. The van der Waals surface area contributed by atoms with E-state index in [0.29, 0.717) is 17.6 Å². The molecule has 0 saturated carbocycles. The van der Waals surface area contributed by atoms with E-state index in [2.05, 4.69) is 316 Å². The first kappa shape index (κ1) is 61.2. The Bertz CT molecular complexity index is 7630. The second-order valence-corrected chi connectivity index (χ2v) is 30.5. The number of benzene rings is 16. The molecule has 24 aromatic rings. The minimum atomic E-state index is 0.617. The van der Waals surface area contributed by atoms with Gasteiger partial charge in [-0.2, -0.15) is 9.97 Å². The molecule has 107 heavy (non-hydrogen) atoms. The Hall–Kier alpha value is -13.4. The molecule has 0 saturated heterocycles. The van der Waals surface area contributed by atoms with Gasteiger partial charge in [0.2, 0.25) is 5.95 Å². The van der Waals surface area contributed by atoms with Gasteiger partial charge in [0.15, 0.2) is 11.6 Å². The van der Waals surface area contributed by atoms with E-state index in [0.717, 1.165) is 22.2 Å². The number of hydrogen-bond acceptors (Lipinski definition) is 6. The third-order valence-corrected chi connectivity index (χ3v) is 24.7. The molecule has 0 amide bonds. The van der Waals surface area contributed by atoms with Gasteiger partial charge in [-0.15, -0.1) is 34.0 Å². The van der Waals surface area contributed by atoms with Gasteiger partial charge in [-0.1, -0.05) is 237 Å². The molecule has 0 aliphatic carbocycles. The van der Waals surface area contributed by atoms with Gasteiger partial charge < -0.3 is 13.7 Å². The fourth-order valence-electron chi connectivity index (χ4n) is 16.9. The van der Waals surface area contributed by atoms with E-state index in [4.69, 9.17) is 15.0 Å². The molecule has 0 aliphatic rings. The fraction of sp³-hybridized carbons (Fsp3) is 0. The lowest BCUT2D eigenvalue weighted by Gasteiger charge is -2.11. The van der Waals surface area contributed by atoms with E-state index in [1.54, 1.807) is 0 Å². The molecule has 0 bridgehead atoms. The summed E-state index contributed by atoms with van der Waals surface area (Å²) >= 11 is 5.60. The number of rotatable bonds is 6. The number of fused-ring (bicyclic) bond motifs is 11. The van der Waals surface area contributed by atoms with E-state index < -0.39 is 0 Å². The van der Waals surface area contributed by atoms with E-state index in [1.807, 2.05) is 94.7 Å². The second-order valence-electron chi connectivity index (χ2n) is 27.3. The summed E-state index contributed by atoms with van der Waals surface area (Å²) in [6.07, 6.45) is 0. The van der Waals surface area contributed by atoms with Crippen LogP contribution in [0.3, 0.4) is 0 Å². The first-order chi connectivity index (χ1) is 53.1. The average molecular weight is 1420 g/mol. The molecule has 0 N–H and O–H groups in total. The Morgan fingerprint density at radius 2 is 0.542 bits per heavy atom. The van der Waals surface area contributed by atoms with Crippen LogP contribution in [-0.2, 0) is 0 Å². The zero-order chi connectivity index (χ0) is 70.2. The molecule has 16 aromatic carbocycles. The maximum atomic E-state index is 5.05. The van der Waals surface area contributed by atoms with Gasteiger partial charge in [-0.3, -0.25) is 4.57 Å². The Labute approximate surface area is 624 Å². The summed E-state index contributed by atoms with van der Waals surface area (Å²) in [6, 6.07) is 128. The van der Waals surface area contributed by atoms with Crippen molar-refractivity contribution in [3.8, 4) is 45.8 Å². The molecule has 500 valence electrons. The zero-order valence-corrected chi connectivity index (χ0v) is 59.9. The number of aromatic nitrogens is 7. The second kappa shape index (κ2) is 24.7. The molecule has 0 radical (unpaired) electrons. The van der Waals surface area contributed by atoms with E-state index >= 15 is 0 Å². The van der Waals surface area contributed by atoms with Crippen molar-refractivity contribution in [1.29, 1.82) is 0 Å². The number of para-hydroxylation sites is 3. The lowest BCUT2D eigenvalue weighted by Crippen LogP contribution is -2.06. The smallest absolute Gasteiger partial charge is 0.238 e. The Morgan fingerprint density at radius 3 is 1.09 bits per heavy atom. The van der Waals surface area contributed by atoms with Crippen molar-refractivity contribution in [3.05, 3.63) is 358 Å². The summed E-state index contributed by atoms with van der Waals surface area (Å²) in [5, 5.41) is 20.8. The van der Waals surface area contributed by atoms with Gasteiger partial charge in [0.25, 0.3) is 0 Å². The molecule has 24 rings (SSSR count). The monoisotopic (exact) mass is 1420 g/mol. The van der Waals surface area contributed by atoms with Crippen LogP contribution in [-0.4, -0.2) is 33.2 Å². The van der Waals surface area contributed by atoms with Crippen LogP contribution in [0.1, 0.15) is 0 Å². The molecular weight excluding hydrogens is 1360 g/mol. The maximum Gasteiger partial charge on any atom is 0.238 e. The van der Waals surface area contributed by atoms with Crippen molar-refractivity contribution in [1.82, 2.24) is 33.2 Å². The van der Waals surface area contributed by atoms with Crippen LogP contribution < -0.4 is 0 Å². The van der Waals surface area contributed by atoms with Gasteiger partial charge in [0.1, 0.15) is 0 Å². The first-order valence-corrected chi connectivity index (χ1v) is 38.5. The predicted octanol–water partition coefficient (Wildman–Crippen LogP) is 27.2. The predicted molar refractivity (Wildman–Crippen MR) is 457 cm³/mol. The van der Waals surface area contributed by atoms with Gasteiger partial charge >= 0.3 is 0 Å². The van der Waals surface area contributed by atoms with E-state index in [-0.39, 0.29) is 0 Å². The molecule has 7 nitrogen and oxygen atoms in total. The molecule has 0 fully saturated rings. The molecule has 0 spiro atoms. The fourth-order valence-corrected chi connectivity index (χ4v) is 20.3. The van der Waals surface area contributed by atoms with Crippen LogP contribution in [0.2, 0.25) is 0 Å². The molecule has 0 atom stereocenters. The maximum absolute atomic E-state index is 5.05.